The fourth-order valence-corrected chi connectivity index (χ4v) is 4.15. The Kier molecular flexibility index (Phi) is 5.46. The molecule has 5 nitrogen and oxygen atoms in total. The molecule has 1 aliphatic heterocycles. The Morgan fingerprint density at radius 2 is 1.69 bits per heavy atom. The van der Waals surface area contributed by atoms with Gasteiger partial charge in [0, 0.05) is 10.9 Å². The number of hydrogen-bond acceptors (Lipinski definition) is 4. The zero-order valence-electron chi connectivity index (χ0n) is 17.9. The average Bonchev–Trinajstić information content (AvgIpc) is 2.86. The molecule has 1 N–H and O–H groups in total. The van der Waals surface area contributed by atoms with E-state index in [1.807, 2.05) is 78.9 Å². The highest BCUT2D eigenvalue weighted by Crippen LogP contribution is 2.32. The van der Waals surface area contributed by atoms with Crippen LogP contribution in [0.4, 0.5) is 0 Å². The quantitative estimate of drug-likeness (QED) is 0.488. The molecule has 1 amide bonds. The van der Waals surface area contributed by atoms with Crippen molar-refractivity contribution in [1.82, 2.24) is 10.3 Å². The Morgan fingerprint density at radius 3 is 2.50 bits per heavy atom. The van der Waals surface area contributed by atoms with E-state index in [2.05, 4.69) is 12.2 Å². The van der Waals surface area contributed by atoms with E-state index in [1.165, 1.54) is 0 Å². The van der Waals surface area contributed by atoms with Gasteiger partial charge in [-0.3, -0.25) is 4.79 Å². The highest BCUT2D eigenvalue weighted by Gasteiger charge is 2.24. The number of hydrogen-bond donors (Lipinski definition) is 1. The molecule has 0 spiro atoms. The van der Waals surface area contributed by atoms with Crippen LogP contribution in [0.2, 0.25) is 0 Å². The van der Waals surface area contributed by atoms with Gasteiger partial charge in [-0.05, 0) is 30.2 Å². The lowest BCUT2D eigenvalue weighted by atomic mass is 9.94. The Hall–Kier alpha value is -3.86. The first kappa shape index (κ1) is 20.1. The van der Waals surface area contributed by atoms with Gasteiger partial charge in [0.25, 0.3) is 5.91 Å². The van der Waals surface area contributed by atoms with Crippen LogP contribution in [0.3, 0.4) is 0 Å². The summed E-state index contributed by atoms with van der Waals surface area (Å²) in [5.74, 6) is 1.31. The minimum absolute atomic E-state index is 0.125. The molecule has 0 saturated heterocycles. The molecule has 0 aliphatic carbocycles. The van der Waals surface area contributed by atoms with Gasteiger partial charge in [-0.15, -0.1) is 0 Å². The molecule has 0 bridgehead atoms. The maximum Gasteiger partial charge on any atom is 0.252 e. The SMILES string of the molecule is CCc1c(-c2ccccc2)nc2ccccc2c1C(=O)NC[C@H]1COc2ccccc2O1. The Balaban J connectivity index is 1.47. The number of ether oxygens (including phenoxy) is 2. The molecule has 2 heterocycles. The first-order valence-electron chi connectivity index (χ1n) is 10.9. The van der Waals surface area contributed by atoms with Crippen LogP contribution in [0.15, 0.2) is 78.9 Å². The number of aromatic nitrogens is 1. The number of fused-ring (bicyclic) bond motifs is 2. The van der Waals surface area contributed by atoms with Gasteiger partial charge in [0.05, 0.1) is 23.3 Å². The summed E-state index contributed by atoms with van der Waals surface area (Å²) in [5, 5.41) is 3.93. The molecule has 4 aromatic rings. The van der Waals surface area contributed by atoms with Crippen LogP contribution in [0.5, 0.6) is 11.5 Å². The number of nitrogens with zero attached hydrogens (tertiary/aromatic N) is 1. The van der Waals surface area contributed by atoms with Crippen LogP contribution < -0.4 is 14.8 Å². The number of nitrogens with one attached hydrogen (secondary N) is 1. The normalized spacial score (nSPS) is 14.8. The molecule has 160 valence electrons. The van der Waals surface area contributed by atoms with Gasteiger partial charge in [0.15, 0.2) is 11.5 Å². The minimum Gasteiger partial charge on any atom is -0.486 e. The van der Waals surface area contributed by atoms with Crippen molar-refractivity contribution in [3.8, 4) is 22.8 Å². The molecule has 5 rings (SSSR count). The summed E-state index contributed by atoms with van der Waals surface area (Å²) in [4.78, 5) is 18.4. The molecular formula is C27H24N2O3. The first-order chi connectivity index (χ1) is 15.7. The van der Waals surface area contributed by atoms with Crippen LogP contribution in [-0.2, 0) is 6.42 Å². The van der Waals surface area contributed by atoms with Crippen molar-refractivity contribution in [2.24, 2.45) is 0 Å². The van der Waals surface area contributed by atoms with E-state index in [1.54, 1.807) is 0 Å². The van der Waals surface area contributed by atoms with E-state index in [0.717, 1.165) is 33.5 Å². The van der Waals surface area contributed by atoms with Gasteiger partial charge < -0.3 is 14.8 Å². The molecule has 0 radical (unpaired) electrons. The zero-order chi connectivity index (χ0) is 21.9. The van der Waals surface area contributed by atoms with Crippen molar-refractivity contribution < 1.29 is 14.3 Å². The van der Waals surface area contributed by atoms with Gasteiger partial charge in [-0.1, -0.05) is 67.6 Å². The van der Waals surface area contributed by atoms with Crippen molar-refractivity contribution in [2.45, 2.75) is 19.4 Å². The second kappa shape index (κ2) is 8.71. The molecule has 1 atom stereocenters. The number of para-hydroxylation sites is 3. The highest BCUT2D eigenvalue weighted by atomic mass is 16.6. The van der Waals surface area contributed by atoms with Gasteiger partial charge in [-0.2, -0.15) is 0 Å². The average molecular weight is 425 g/mol. The molecule has 1 aromatic heterocycles. The van der Waals surface area contributed by atoms with E-state index in [0.29, 0.717) is 30.9 Å². The highest BCUT2D eigenvalue weighted by molar-refractivity contribution is 6.09. The predicted octanol–water partition coefficient (Wildman–Crippen LogP) is 5.03. The predicted molar refractivity (Wildman–Crippen MR) is 125 cm³/mol. The van der Waals surface area contributed by atoms with Crippen LogP contribution in [0.25, 0.3) is 22.2 Å². The molecule has 32 heavy (non-hydrogen) atoms. The third kappa shape index (κ3) is 3.78. The van der Waals surface area contributed by atoms with Crippen LogP contribution in [0, 0.1) is 0 Å². The minimum atomic E-state index is -0.249. The van der Waals surface area contributed by atoms with Crippen LogP contribution in [-0.4, -0.2) is 30.1 Å². The van der Waals surface area contributed by atoms with E-state index < -0.39 is 0 Å². The van der Waals surface area contributed by atoms with Gasteiger partial charge >= 0.3 is 0 Å². The Labute approximate surface area is 187 Å². The number of carbonyl (C=O) groups is 1. The second-order valence-electron chi connectivity index (χ2n) is 7.76. The van der Waals surface area contributed by atoms with E-state index in [9.17, 15) is 4.79 Å². The summed E-state index contributed by atoms with van der Waals surface area (Å²) in [6.45, 7) is 2.81. The van der Waals surface area contributed by atoms with Crippen LogP contribution >= 0.6 is 0 Å². The smallest absolute Gasteiger partial charge is 0.252 e. The van der Waals surface area contributed by atoms with Gasteiger partial charge in [0.2, 0.25) is 0 Å². The monoisotopic (exact) mass is 424 g/mol. The number of benzene rings is 3. The maximum absolute atomic E-state index is 13.5. The lowest BCUT2D eigenvalue weighted by Gasteiger charge is -2.26. The van der Waals surface area contributed by atoms with E-state index in [-0.39, 0.29) is 12.0 Å². The number of carbonyl (C=O) groups excluding carboxylic acids is 1. The molecule has 5 heteroatoms. The molecule has 0 saturated carbocycles. The third-order valence-corrected chi connectivity index (χ3v) is 5.68. The second-order valence-corrected chi connectivity index (χ2v) is 7.76. The summed E-state index contributed by atoms with van der Waals surface area (Å²) in [7, 11) is 0. The third-order valence-electron chi connectivity index (χ3n) is 5.68. The van der Waals surface area contributed by atoms with Crippen molar-refractivity contribution in [2.75, 3.05) is 13.2 Å². The van der Waals surface area contributed by atoms with Crippen molar-refractivity contribution in [3.05, 3.63) is 90.0 Å². The summed E-state index contributed by atoms with van der Waals surface area (Å²) in [5.41, 5.74) is 4.28. The van der Waals surface area contributed by atoms with Gasteiger partial charge in [-0.25, -0.2) is 4.98 Å². The number of amides is 1. The summed E-state index contributed by atoms with van der Waals surface area (Å²) >= 11 is 0. The van der Waals surface area contributed by atoms with Gasteiger partial charge in [0.1, 0.15) is 12.7 Å². The van der Waals surface area contributed by atoms with E-state index in [4.69, 9.17) is 14.5 Å². The molecular weight excluding hydrogens is 400 g/mol. The largest absolute Gasteiger partial charge is 0.486 e. The van der Waals surface area contributed by atoms with Crippen LogP contribution in [0.1, 0.15) is 22.8 Å². The molecule has 0 unspecified atom stereocenters. The summed E-state index contributed by atoms with van der Waals surface area (Å²) in [6, 6.07) is 25.4. The topological polar surface area (TPSA) is 60.5 Å². The standard InChI is InChI=1S/C27H24N2O3/c1-2-20-25(27(30)28-16-19-17-31-23-14-8-9-15-24(23)32-19)21-12-6-7-13-22(21)29-26(20)18-10-4-3-5-11-18/h3-15,19H,2,16-17H2,1H3,(H,28,30)/t19-/m0/s1. The number of rotatable bonds is 5. The zero-order valence-corrected chi connectivity index (χ0v) is 17.9. The fraction of sp³-hybridized carbons (Fsp3) is 0.185. The van der Waals surface area contributed by atoms with Crippen molar-refractivity contribution in [1.29, 1.82) is 0 Å². The maximum atomic E-state index is 13.5. The Bertz CT molecular complexity index is 1270. The number of pyridine rings is 1. The van der Waals surface area contributed by atoms with E-state index >= 15 is 0 Å². The molecule has 1 aliphatic rings. The lowest BCUT2D eigenvalue weighted by Crippen LogP contribution is -2.41. The molecule has 3 aromatic carbocycles. The lowest BCUT2D eigenvalue weighted by molar-refractivity contribution is 0.0789. The summed E-state index contributed by atoms with van der Waals surface area (Å²) < 4.78 is 11.8. The summed E-state index contributed by atoms with van der Waals surface area (Å²) in [6.07, 6.45) is 0.446. The first-order valence-corrected chi connectivity index (χ1v) is 10.9. The molecule has 0 fully saturated rings. The fourth-order valence-electron chi connectivity index (χ4n) is 4.15. The van der Waals surface area contributed by atoms with Crippen molar-refractivity contribution >= 4 is 16.8 Å². The van der Waals surface area contributed by atoms with Crippen molar-refractivity contribution in [3.63, 3.8) is 0 Å². The Morgan fingerprint density at radius 1 is 0.969 bits per heavy atom.